The summed E-state index contributed by atoms with van der Waals surface area (Å²) in [7, 11) is 0. The molecule has 8 heteroatoms. The molecule has 3 aliphatic heterocycles. The fourth-order valence-corrected chi connectivity index (χ4v) is 4.97. The van der Waals surface area contributed by atoms with Crippen molar-refractivity contribution in [2.24, 2.45) is 5.92 Å². The van der Waals surface area contributed by atoms with Crippen molar-refractivity contribution in [3.05, 3.63) is 29.8 Å². The third-order valence-electron chi connectivity index (χ3n) is 6.61. The Balaban J connectivity index is 1.62. The Labute approximate surface area is 182 Å². The van der Waals surface area contributed by atoms with Gasteiger partial charge in [0.05, 0.1) is 11.3 Å². The van der Waals surface area contributed by atoms with Gasteiger partial charge in [-0.3, -0.25) is 19.3 Å². The Hall–Kier alpha value is -2.90. The molecule has 3 aliphatic rings. The number of amides is 3. The van der Waals surface area contributed by atoms with Crippen molar-refractivity contribution in [1.29, 1.82) is 0 Å². The monoisotopic (exact) mass is 427 g/mol. The summed E-state index contributed by atoms with van der Waals surface area (Å²) < 4.78 is 5.50. The fraction of sp³-hybridized carbons (Fsp3) is 0.565. The van der Waals surface area contributed by atoms with Crippen LogP contribution in [-0.2, 0) is 19.1 Å². The second-order valence-corrected chi connectivity index (χ2v) is 8.97. The van der Waals surface area contributed by atoms with Gasteiger partial charge in [0.15, 0.2) is 6.61 Å². The topological polar surface area (TPSA) is 87.2 Å². The van der Waals surface area contributed by atoms with E-state index >= 15 is 0 Å². The number of para-hydroxylation sites is 1. The number of fused-ring (bicyclic) bond motifs is 3. The van der Waals surface area contributed by atoms with Gasteiger partial charge < -0.3 is 14.5 Å². The molecule has 2 saturated heterocycles. The van der Waals surface area contributed by atoms with Gasteiger partial charge in [0, 0.05) is 32.0 Å². The van der Waals surface area contributed by atoms with Crippen molar-refractivity contribution in [2.75, 3.05) is 24.6 Å². The van der Waals surface area contributed by atoms with Crippen LogP contribution in [-0.4, -0.2) is 64.9 Å². The molecular formula is C23H29N3O5. The van der Waals surface area contributed by atoms with Gasteiger partial charge in [-0.15, -0.1) is 0 Å². The first-order chi connectivity index (χ1) is 14.8. The maximum Gasteiger partial charge on any atom is 0.354 e. The van der Waals surface area contributed by atoms with E-state index in [1.165, 1.54) is 9.80 Å². The van der Waals surface area contributed by atoms with Crippen LogP contribution in [0.1, 0.15) is 56.8 Å². The molecule has 0 unspecified atom stereocenters. The minimum absolute atomic E-state index is 0.123. The quantitative estimate of drug-likeness (QED) is 0.688. The number of carbonyl (C=O) groups excluding carboxylic acids is 4. The standard InChI is InChI=1S/C23H29N3O5/c1-15(2)25-21(29)17-6-4-5-7-18(17)26-19(27)8-11-23(25,26)22(30)31-14-20(28)24-12-9-16(3)10-13-24/h4-7,15-16H,8-14H2,1-3H3/t23-/m0/s1. The smallest absolute Gasteiger partial charge is 0.354 e. The number of likely N-dealkylation sites (tertiary alicyclic amines) is 1. The normalized spacial score (nSPS) is 23.8. The van der Waals surface area contributed by atoms with E-state index in [-0.39, 0.29) is 36.6 Å². The SMILES string of the molecule is CC1CCN(C(=O)COC(=O)[C@]23CCC(=O)N2c2ccccc2C(=O)N3C(C)C)CC1. The third kappa shape index (κ3) is 3.38. The fourth-order valence-electron chi connectivity index (χ4n) is 4.97. The van der Waals surface area contributed by atoms with E-state index in [4.69, 9.17) is 4.74 Å². The highest BCUT2D eigenvalue weighted by Gasteiger charge is 2.62. The summed E-state index contributed by atoms with van der Waals surface area (Å²) in [6, 6.07) is 6.46. The predicted octanol–water partition coefficient (Wildman–Crippen LogP) is 2.18. The van der Waals surface area contributed by atoms with Crippen LogP contribution < -0.4 is 4.90 Å². The van der Waals surface area contributed by atoms with Crippen LogP contribution >= 0.6 is 0 Å². The van der Waals surface area contributed by atoms with Crippen molar-refractivity contribution < 1.29 is 23.9 Å². The summed E-state index contributed by atoms with van der Waals surface area (Å²) in [5.74, 6) is -0.944. The zero-order valence-corrected chi connectivity index (χ0v) is 18.3. The van der Waals surface area contributed by atoms with Gasteiger partial charge in [-0.05, 0) is 44.7 Å². The Bertz CT molecular complexity index is 922. The highest BCUT2D eigenvalue weighted by atomic mass is 16.5. The highest BCUT2D eigenvalue weighted by molar-refractivity contribution is 6.15. The van der Waals surface area contributed by atoms with Crippen LogP contribution in [0.2, 0.25) is 0 Å². The summed E-state index contributed by atoms with van der Waals surface area (Å²) >= 11 is 0. The molecule has 0 N–H and O–H groups in total. The van der Waals surface area contributed by atoms with Gasteiger partial charge in [0.25, 0.3) is 11.8 Å². The number of esters is 1. The maximum atomic E-state index is 13.5. The number of rotatable bonds is 4. The van der Waals surface area contributed by atoms with Gasteiger partial charge in [0.2, 0.25) is 11.6 Å². The molecule has 0 bridgehead atoms. The molecule has 1 atom stereocenters. The highest BCUT2D eigenvalue weighted by Crippen LogP contribution is 2.45. The summed E-state index contributed by atoms with van der Waals surface area (Å²) in [6.07, 6.45) is 2.12. The molecule has 0 aliphatic carbocycles. The Morgan fingerprint density at radius 2 is 1.84 bits per heavy atom. The number of nitrogens with zero attached hydrogens (tertiary/aromatic N) is 3. The van der Waals surface area contributed by atoms with Crippen molar-refractivity contribution in [3.8, 4) is 0 Å². The molecule has 1 aromatic rings. The molecule has 3 heterocycles. The van der Waals surface area contributed by atoms with Crippen molar-refractivity contribution in [3.63, 3.8) is 0 Å². The number of benzene rings is 1. The molecule has 0 spiro atoms. The lowest BCUT2D eigenvalue weighted by Gasteiger charge is -2.50. The Kier molecular flexibility index (Phi) is 5.49. The number of anilines is 1. The lowest BCUT2D eigenvalue weighted by Crippen LogP contribution is -2.70. The number of carbonyl (C=O) groups is 4. The lowest BCUT2D eigenvalue weighted by molar-refractivity contribution is -0.163. The molecule has 0 saturated carbocycles. The van der Waals surface area contributed by atoms with Crippen LogP contribution in [0, 0.1) is 5.92 Å². The largest absolute Gasteiger partial charge is 0.452 e. The van der Waals surface area contributed by atoms with Gasteiger partial charge >= 0.3 is 5.97 Å². The van der Waals surface area contributed by atoms with Crippen LogP contribution in [0.3, 0.4) is 0 Å². The lowest BCUT2D eigenvalue weighted by atomic mass is 9.95. The molecule has 1 aromatic carbocycles. The zero-order valence-electron chi connectivity index (χ0n) is 18.3. The molecular weight excluding hydrogens is 398 g/mol. The summed E-state index contributed by atoms with van der Waals surface area (Å²) in [4.78, 5) is 56.9. The maximum absolute atomic E-state index is 13.5. The van der Waals surface area contributed by atoms with Crippen LogP contribution in [0.25, 0.3) is 0 Å². The third-order valence-corrected chi connectivity index (χ3v) is 6.61. The van der Waals surface area contributed by atoms with Gasteiger partial charge in [-0.2, -0.15) is 0 Å². The molecule has 0 aromatic heterocycles. The molecule has 8 nitrogen and oxygen atoms in total. The summed E-state index contributed by atoms with van der Waals surface area (Å²) in [5.41, 5.74) is -0.763. The molecule has 4 rings (SSSR count). The average molecular weight is 428 g/mol. The van der Waals surface area contributed by atoms with Gasteiger partial charge in [0.1, 0.15) is 0 Å². The van der Waals surface area contributed by atoms with Gasteiger partial charge in [-0.25, -0.2) is 4.79 Å². The number of hydrogen-bond acceptors (Lipinski definition) is 5. The van der Waals surface area contributed by atoms with Crippen LogP contribution in [0.5, 0.6) is 0 Å². The summed E-state index contributed by atoms with van der Waals surface area (Å²) in [6.45, 7) is 6.68. The molecule has 2 fully saturated rings. The second-order valence-electron chi connectivity index (χ2n) is 8.97. The number of hydrogen-bond donors (Lipinski definition) is 0. The number of piperidine rings is 1. The van der Waals surface area contributed by atoms with Crippen molar-refractivity contribution in [2.45, 2.75) is 58.2 Å². The first kappa shape index (κ1) is 21.3. The summed E-state index contributed by atoms with van der Waals surface area (Å²) in [5, 5.41) is 0. The molecule has 166 valence electrons. The molecule has 31 heavy (non-hydrogen) atoms. The Morgan fingerprint density at radius 3 is 2.52 bits per heavy atom. The molecule has 3 amide bonds. The average Bonchev–Trinajstić information content (AvgIpc) is 3.10. The van der Waals surface area contributed by atoms with Crippen LogP contribution in [0.4, 0.5) is 5.69 Å². The predicted molar refractivity (Wildman–Crippen MR) is 113 cm³/mol. The minimum Gasteiger partial charge on any atom is -0.452 e. The van der Waals surface area contributed by atoms with E-state index in [0.717, 1.165) is 12.8 Å². The minimum atomic E-state index is -1.56. The van der Waals surface area contributed by atoms with E-state index in [1.54, 1.807) is 29.2 Å². The van der Waals surface area contributed by atoms with E-state index < -0.39 is 18.2 Å². The van der Waals surface area contributed by atoms with E-state index in [0.29, 0.717) is 30.3 Å². The van der Waals surface area contributed by atoms with E-state index in [1.807, 2.05) is 13.8 Å². The van der Waals surface area contributed by atoms with Gasteiger partial charge in [-0.1, -0.05) is 19.1 Å². The van der Waals surface area contributed by atoms with E-state index in [2.05, 4.69) is 6.92 Å². The second kappa shape index (κ2) is 7.98. The zero-order chi connectivity index (χ0) is 22.3. The Morgan fingerprint density at radius 1 is 1.16 bits per heavy atom. The molecule has 0 radical (unpaired) electrons. The van der Waals surface area contributed by atoms with Crippen molar-refractivity contribution in [1.82, 2.24) is 9.80 Å². The van der Waals surface area contributed by atoms with E-state index in [9.17, 15) is 19.2 Å². The van der Waals surface area contributed by atoms with Crippen LogP contribution in [0.15, 0.2) is 24.3 Å². The first-order valence-corrected chi connectivity index (χ1v) is 11.0. The van der Waals surface area contributed by atoms with Crippen molar-refractivity contribution >= 4 is 29.4 Å². The number of ether oxygens (including phenoxy) is 1. The first-order valence-electron chi connectivity index (χ1n) is 11.0.